The summed E-state index contributed by atoms with van der Waals surface area (Å²) in [5.74, 6) is 0.278. The van der Waals surface area contributed by atoms with E-state index < -0.39 is 0 Å². The molecule has 11 heavy (non-hydrogen) atoms. The quantitative estimate of drug-likeness (QED) is 0.589. The SMILES string of the molecule is CN(C)C(=O)C1CCCC1N. The van der Waals surface area contributed by atoms with Gasteiger partial charge in [0.05, 0.1) is 5.92 Å². The van der Waals surface area contributed by atoms with Crippen LogP contribution >= 0.6 is 0 Å². The number of amides is 1. The Bertz CT molecular complexity index is 156. The Morgan fingerprint density at radius 3 is 2.45 bits per heavy atom. The summed E-state index contributed by atoms with van der Waals surface area (Å²) in [6.45, 7) is 0. The van der Waals surface area contributed by atoms with Gasteiger partial charge in [-0.05, 0) is 12.8 Å². The first-order valence-corrected chi connectivity index (χ1v) is 4.09. The van der Waals surface area contributed by atoms with Crippen molar-refractivity contribution in [1.82, 2.24) is 4.90 Å². The molecule has 0 aromatic heterocycles. The third-order valence-electron chi connectivity index (χ3n) is 2.33. The number of nitrogens with two attached hydrogens (primary N) is 1. The van der Waals surface area contributed by atoms with E-state index >= 15 is 0 Å². The van der Waals surface area contributed by atoms with E-state index in [1.165, 1.54) is 0 Å². The molecule has 3 nitrogen and oxygen atoms in total. The number of rotatable bonds is 1. The van der Waals surface area contributed by atoms with Gasteiger partial charge in [-0.25, -0.2) is 0 Å². The standard InChI is InChI=1S/C8H16N2O/c1-10(2)8(11)6-4-3-5-7(6)9/h6-7H,3-5,9H2,1-2H3. The van der Waals surface area contributed by atoms with Crippen LogP contribution in [0.15, 0.2) is 0 Å². The van der Waals surface area contributed by atoms with Crippen molar-refractivity contribution in [3.8, 4) is 0 Å². The molecule has 0 heterocycles. The Hall–Kier alpha value is -0.570. The average molecular weight is 156 g/mol. The highest BCUT2D eigenvalue weighted by Crippen LogP contribution is 2.24. The fourth-order valence-corrected chi connectivity index (χ4v) is 1.63. The molecule has 0 spiro atoms. The van der Waals surface area contributed by atoms with Crippen LogP contribution in [0.4, 0.5) is 0 Å². The summed E-state index contributed by atoms with van der Waals surface area (Å²) in [7, 11) is 3.57. The van der Waals surface area contributed by atoms with E-state index in [9.17, 15) is 4.79 Å². The molecule has 0 aromatic carbocycles. The van der Waals surface area contributed by atoms with Crippen LogP contribution in [0.5, 0.6) is 0 Å². The largest absolute Gasteiger partial charge is 0.349 e. The highest BCUT2D eigenvalue weighted by molar-refractivity contribution is 5.79. The summed E-state index contributed by atoms with van der Waals surface area (Å²) < 4.78 is 0. The summed E-state index contributed by atoms with van der Waals surface area (Å²) in [6.07, 6.45) is 3.08. The van der Waals surface area contributed by atoms with Crippen molar-refractivity contribution < 1.29 is 4.79 Å². The van der Waals surface area contributed by atoms with Gasteiger partial charge in [0.1, 0.15) is 0 Å². The minimum absolute atomic E-state index is 0.0880. The zero-order valence-electron chi connectivity index (χ0n) is 7.21. The molecule has 2 atom stereocenters. The molecule has 1 fully saturated rings. The predicted molar refractivity (Wildman–Crippen MR) is 44.0 cm³/mol. The Labute approximate surface area is 67.5 Å². The van der Waals surface area contributed by atoms with Crippen LogP contribution in [-0.2, 0) is 4.79 Å². The Kier molecular flexibility index (Phi) is 2.49. The van der Waals surface area contributed by atoms with Crippen LogP contribution < -0.4 is 5.73 Å². The maximum Gasteiger partial charge on any atom is 0.226 e. The van der Waals surface area contributed by atoms with Crippen LogP contribution in [0.1, 0.15) is 19.3 Å². The molecule has 1 aliphatic rings. The van der Waals surface area contributed by atoms with E-state index in [2.05, 4.69) is 0 Å². The molecule has 0 aliphatic heterocycles. The maximum absolute atomic E-state index is 11.4. The molecule has 0 aromatic rings. The van der Waals surface area contributed by atoms with E-state index in [-0.39, 0.29) is 17.9 Å². The Morgan fingerprint density at radius 1 is 1.45 bits per heavy atom. The lowest BCUT2D eigenvalue weighted by molar-refractivity contribution is -0.133. The van der Waals surface area contributed by atoms with E-state index in [4.69, 9.17) is 5.73 Å². The number of carbonyl (C=O) groups excluding carboxylic acids is 1. The van der Waals surface area contributed by atoms with Crippen LogP contribution in [0.2, 0.25) is 0 Å². The molecule has 1 saturated carbocycles. The number of carbonyl (C=O) groups is 1. The van der Waals surface area contributed by atoms with Crippen molar-refractivity contribution >= 4 is 5.91 Å². The minimum Gasteiger partial charge on any atom is -0.349 e. The zero-order chi connectivity index (χ0) is 8.43. The van der Waals surface area contributed by atoms with Gasteiger partial charge in [0.2, 0.25) is 5.91 Å². The molecule has 3 heteroatoms. The number of hydrogen-bond acceptors (Lipinski definition) is 2. The van der Waals surface area contributed by atoms with E-state index in [0.29, 0.717) is 0 Å². The van der Waals surface area contributed by atoms with Gasteiger partial charge in [0.25, 0.3) is 0 Å². The second kappa shape index (κ2) is 3.22. The first-order chi connectivity index (χ1) is 5.13. The summed E-state index contributed by atoms with van der Waals surface area (Å²) >= 11 is 0. The summed E-state index contributed by atoms with van der Waals surface area (Å²) in [6, 6.07) is 0.102. The fourth-order valence-electron chi connectivity index (χ4n) is 1.63. The van der Waals surface area contributed by atoms with Gasteiger partial charge in [-0.2, -0.15) is 0 Å². The van der Waals surface area contributed by atoms with Crippen molar-refractivity contribution in [3.63, 3.8) is 0 Å². The lowest BCUT2D eigenvalue weighted by atomic mass is 10.0. The lowest BCUT2D eigenvalue weighted by Crippen LogP contribution is -2.37. The van der Waals surface area contributed by atoms with Crippen molar-refractivity contribution in [2.24, 2.45) is 11.7 Å². The predicted octanol–water partition coefficient (Wildman–Crippen LogP) is 0.202. The summed E-state index contributed by atoms with van der Waals surface area (Å²) in [4.78, 5) is 13.0. The van der Waals surface area contributed by atoms with Gasteiger partial charge >= 0.3 is 0 Å². The summed E-state index contributed by atoms with van der Waals surface area (Å²) in [5.41, 5.74) is 5.77. The van der Waals surface area contributed by atoms with Gasteiger partial charge in [-0.15, -0.1) is 0 Å². The molecular formula is C8H16N2O. The second-order valence-corrected chi connectivity index (χ2v) is 3.43. The second-order valence-electron chi connectivity index (χ2n) is 3.43. The maximum atomic E-state index is 11.4. The van der Waals surface area contributed by atoms with Crippen LogP contribution in [0.25, 0.3) is 0 Å². The molecule has 1 amide bonds. The van der Waals surface area contributed by atoms with Gasteiger partial charge in [-0.1, -0.05) is 6.42 Å². The molecule has 64 valence electrons. The fraction of sp³-hybridized carbons (Fsp3) is 0.875. The van der Waals surface area contributed by atoms with E-state index in [0.717, 1.165) is 19.3 Å². The molecule has 1 aliphatic carbocycles. The molecule has 1 rings (SSSR count). The monoisotopic (exact) mass is 156 g/mol. The molecular weight excluding hydrogens is 140 g/mol. The number of nitrogens with zero attached hydrogens (tertiary/aromatic N) is 1. The van der Waals surface area contributed by atoms with Crippen molar-refractivity contribution in [3.05, 3.63) is 0 Å². The van der Waals surface area contributed by atoms with E-state index in [1.807, 2.05) is 0 Å². The van der Waals surface area contributed by atoms with Crippen LogP contribution in [0, 0.1) is 5.92 Å². The van der Waals surface area contributed by atoms with Crippen molar-refractivity contribution in [1.29, 1.82) is 0 Å². The number of hydrogen-bond donors (Lipinski definition) is 1. The topological polar surface area (TPSA) is 46.3 Å². The smallest absolute Gasteiger partial charge is 0.226 e. The molecule has 2 N–H and O–H groups in total. The van der Waals surface area contributed by atoms with Crippen molar-refractivity contribution in [2.75, 3.05) is 14.1 Å². The zero-order valence-corrected chi connectivity index (χ0v) is 7.21. The van der Waals surface area contributed by atoms with Gasteiger partial charge < -0.3 is 10.6 Å². The Morgan fingerprint density at radius 2 is 2.09 bits per heavy atom. The van der Waals surface area contributed by atoms with Gasteiger partial charge in [0.15, 0.2) is 0 Å². The van der Waals surface area contributed by atoms with Gasteiger partial charge in [-0.3, -0.25) is 4.79 Å². The third-order valence-corrected chi connectivity index (χ3v) is 2.33. The lowest BCUT2D eigenvalue weighted by Gasteiger charge is -2.19. The molecule has 0 saturated heterocycles. The van der Waals surface area contributed by atoms with Gasteiger partial charge in [0, 0.05) is 20.1 Å². The van der Waals surface area contributed by atoms with E-state index in [1.54, 1.807) is 19.0 Å². The Balaban J connectivity index is 2.53. The highest BCUT2D eigenvalue weighted by atomic mass is 16.2. The summed E-state index contributed by atoms with van der Waals surface area (Å²) in [5, 5.41) is 0. The van der Waals surface area contributed by atoms with Crippen LogP contribution in [0.3, 0.4) is 0 Å². The molecule has 0 bridgehead atoms. The first kappa shape index (κ1) is 8.53. The normalized spacial score (nSPS) is 30.5. The highest BCUT2D eigenvalue weighted by Gasteiger charge is 2.30. The third kappa shape index (κ3) is 1.71. The average Bonchev–Trinajstić information content (AvgIpc) is 2.33. The molecule has 0 radical (unpaired) electrons. The molecule has 2 unspecified atom stereocenters. The van der Waals surface area contributed by atoms with Crippen LogP contribution in [-0.4, -0.2) is 30.9 Å². The first-order valence-electron chi connectivity index (χ1n) is 4.09. The minimum atomic E-state index is 0.0880. The van der Waals surface area contributed by atoms with Crippen molar-refractivity contribution in [2.45, 2.75) is 25.3 Å².